The maximum absolute atomic E-state index is 6.77. The van der Waals surface area contributed by atoms with E-state index in [0.29, 0.717) is 17.5 Å². The maximum atomic E-state index is 6.77. The molecule has 0 radical (unpaired) electrons. The Morgan fingerprint density at radius 1 is 0.424 bits per heavy atom. The number of furan rings is 1. The van der Waals surface area contributed by atoms with Crippen molar-refractivity contribution in [1.29, 1.82) is 0 Å². The summed E-state index contributed by atoms with van der Waals surface area (Å²) in [4.78, 5) is 17.3. The molecule has 0 bridgehead atoms. The van der Waals surface area contributed by atoms with Gasteiger partial charge in [-0.3, -0.25) is 0 Å². The maximum Gasteiger partial charge on any atom is 0.164 e. The molecule has 0 unspecified atom stereocenters. The first-order chi connectivity index (χ1) is 29.0. The lowest BCUT2D eigenvalue weighted by molar-refractivity contribution is 0.660. The van der Waals surface area contributed by atoms with Crippen molar-refractivity contribution in [1.82, 2.24) is 15.0 Å². The molecule has 2 aromatic heterocycles. The molecule has 0 fully saturated rings. The monoisotopic (exact) mass is 758 g/mol. The SMILES string of the molecule is CC1(C)c2ccccc2-c2c(N(c3ccc(-c4ccccc4)cc3)c3cccc4oc5cc(-c6nc(-c7ccccc7)nc(-c7ccccc7)n6)ccc5c34)cccc21. The zero-order valence-electron chi connectivity index (χ0n) is 32.7. The molecule has 59 heavy (non-hydrogen) atoms. The van der Waals surface area contributed by atoms with Crippen molar-refractivity contribution in [3.63, 3.8) is 0 Å². The fourth-order valence-corrected chi connectivity index (χ4v) is 8.83. The van der Waals surface area contributed by atoms with Crippen LogP contribution in [-0.2, 0) is 5.41 Å². The van der Waals surface area contributed by atoms with Crippen LogP contribution in [0.3, 0.4) is 0 Å². The van der Waals surface area contributed by atoms with E-state index in [2.05, 4.69) is 152 Å². The summed E-state index contributed by atoms with van der Waals surface area (Å²) in [6.45, 7) is 4.67. The molecule has 5 nitrogen and oxygen atoms in total. The zero-order chi connectivity index (χ0) is 39.5. The molecule has 0 spiro atoms. The van der Waals surface area contributed by atoms with Gasteiger partial charge in [-0.05, 0) is 70.3 Å². The van der Waals surface area contributed by atoms with Crippen molar-refractivity contribution < 1.29 is 4.42 Å². The minimum absolute atomic E-state index is 0.148. The number of fused-ring (bicyclic) bond motifs is 6. The van der Waals surface area contributed by atoms with Crippen LogP contribution in [-0.4, -0.2) is 15.0 Å². The molecule has 1 aliphatic rings. The molecule has 0 N–H and O–H groups in total. The van der Waals surface area contributed by atoms with Crippen molar-refractivity contribution in [2.24, 2.45) is 0 Å². The van der Waals surface area contributed by atoms with Gasteiger partial charge in [0.2, 0.25) is 0 Å². The zero-order valence-corrected chi connectivity index (χ0v) is 32.7. The summed E-state index contributed by atoms with van der Waals surface area (Å²) in [5.74, 6) is 1.83. The number of nitrogens with zero attached hydrogens (tertiary/aromatic N) is 4. The molecule has 0 saturated carbocycles. The summed E-state index contributed by atoms with van der Waals surface area (Å²) < 4.78 is 6.77. The minimum Gasteiger partial charge on any atom is -0.456 e. The van der Waals surface area contributed by atoms with E-state index in [0.717, 1.165) is 55.7 Å². The molecule has 0 saturated heterocycles. The second-order valence-corrected chi connectivity index (χ2v) is 15.6. The Bertz CT molecular complexity index is 3120. The Morgan fingerprint density at radius 2 is 0.949 bits per heavy atom. The summed E-state index contributed by atoms with van der Waals surface area (Å²) in [6, 6.07) is 67.9. The normalized spacial score (nSPS) is 12.7. The molecule has 280 valence electrons. The van der Waals surface area contributed by atoms with Gasteiger partial charge in [0, 0.05) is 38.7 Å². The number of anilines is 3. The molecule has 11 rings (SSSR count). The van der Waals surface area contributed by atoms with Gasteiger partial charge in [-0.25, -0.2) is 15.0 Å². The van der Waals surface area contributed by atoms with Gasteiger partial charge in [0.15, 0.2) is 17.5 Å². The lowest BCUT2D eigenvalue weighted by Gasteiger charge is -2.29. The van der Waals surface area contributed by atoms with Gasteiger partial charge in [0.1, 0.15) is 11.2 Å². The van der Waals surface area contributed by atoms with Gasteiger partial charge in [-0.1, -0.05) is 166 Å². The highest BCUT2D eigenvalue weighted by Gasteiger charge is 2.38. The minimum atomic E-state index is -0.148. The topological polar surface area (TPSA) is 55.1 Å². The average molecular weight is 759 g/mol. The van der Waals surface area contributed by atoms with E-state index in [4.69, 9.17) is 19.4 Å². The summed E-state index contributed by atoms with van der Waals surface area (Å²) in [5, 5.41) is 2.05. The average Bonchev–Trinajstić information content (AvgIpc) is 3.79. The van der Waals surface area contributed by atoms with Crippen molar-refractivity contribution in [2.75, 3.05) is 4.90 Å². The Balaban J connectivity index is 1.10. The van der Waals surface area contributed by atoms with Crippen LogP contribution in [0.5, 0.6) is 0 Å². The summed E-state index contributed by atoms with van der Waals surface area (Å²) >= 11 is 0. The molecule has 2 heterocycles. The Kier molecular flexibility index (Phi) is 8.09. The fraction of sp³-hybridized carbons (Fsp3) is 0.0556. The van der Waals surface area contributed by atoms with Crippen molar-refractivity contribution in [3.8, 4) is 56.4 Å². The van der Waals surface area contributed by atoms with E-state index in [9.17, 15) is 0 Å². The molecule has 0 atom stereocenters. The predicted molar refractivity (Wildman–Crippen MR) is 241 cm³/mol. The first kappa shape index (κ1) is 34.6. The molecular weight excluding hydrogens is 721 g/mol. The van der Waals surface area contributed by atoms with Crippen LogP contribution in [0.1, 0.15) is 25.0 Å². The van der Waals surface area contributed by atoms with Crippen molar-refractivity contribution in [3.05, 3.63) is 205 Å². The quantitative estimate of drug-likeness (QED) is 0.162. The standard InChI is InChI=1S/C54H38N4O/c1-54(2)43-23-13-12-22-41(43)49-44(54)24-14-25-45(49)58(40-31-28-36(29-32-40)35-16-6-3-7-17-35)46-26-15-27-47-50(46)42-33-30-39(34-48(42)59-47)53-56-51(37-18-8-4-9-19-37)55-52(57-53)38-20-10-5-11-21-38/h3-34H,1-2H3. The van der Waals surface area contributed by atoms with Gasteiger partial charge in [-0.15, -0.1) is 0 Å². The summed E-state index contributed by atoms with van der Waals surface area (Å²) in [5.41, 5.74) is 14.9. The number of hydrogen-bond donors (Lipinski definition) is 0. The number of rotatable bonds is 7. The Hall–Kier alpha value is -7.63. The van der Waals surface area contributed by atoms with Crippen LogP contribution in [0.2, 0.25) is 0 Å². The fourth-order valence-electron chi connectivity index (χ4n) is 8.83. The number of aromatic nitrogens is 3. The number of hydrogen-bond acceptors (Lipinski definition) is 5. The predicted octanol–water partition coefficient (Wildman–Crippen LogP) is 14.2. The van der Waals surface area contributed by atoms with Crippen LogP contribution in [0.4, 0.5) is 17.1 Å². The second-order valence-electron chi connectivity index (χ2n) is 15.6. The highest BCUT2D eigenvalue weighted by atomic mass is 16.3. The van der Waals surface area contributed by atoms with Crippen molar-refractivity contribution in [2.45, 2.75) is 19.3 Å². The molecule has 5 heteroatoms. The van der Waals surface area contributed by atoms with Crippen molar-refractivity contribution >= 4 is 39.0 Å². The van der Waals surface area contributed by atoms with E-state index < -0.39 is 0 Å². The Labute approximate surface area is 342 Å². The van der Waals surface area contributed by atoms with E-state index >= 15 is 0 Å². The largest absolute Gasteiger partial charge is 0.456 e. The second kappa shape index (κ2) is 13.8. The Morgan fingerprint density at radius 3 is 1.63 bits per heavy atom. The first-order valence-electron chi connectivity index (χ1n) is 20.0. The van der Waals surface area contributed by atoms with E-state index in [1.165, 1.54) is 33.4 Å². The molecule has 10 aromatic rings. The molecular formula is C54H38N4O. The van der Waals surface area contributed by atoms with Gasteiger partial charge < -0.3 is 9.32 Å². The third-order valence-electron chi connectivity index (χ3n) is 11.7. The lowest BCUT2D eigenvalue weighted by atomic mass is 9.82. The lowest BCUT2D eigenvalue weighted by Crippen LogP contribution is -2.16. The summed E-state index contributed by atoms with van der Waals surface area (Å²) in [6.07, 6.45) is 0. The van der Waals surface area contributed by atoms with Crippen LogP contribution in [0.25, 0.3) is 78.4 Å². The molecule has 0 aliphatic heterocycles. The van der Waals surface area contributed by atoms with Gasteiger partial charge in [-0.2, -0.15) is 0 Å². The molecule has 0 amide bonds. The van der Waals surface area contributed by atoms with Crippen LogP contribution < -0.4 is 4.90 Å². The van der Waals surface area contributed by atoms with Crippen LogP contribution >= 0.6 is 0 Å². The van der Waals surface area contributed by atoms with Crippen LogP contribution in [0.15, 0.2) is 199 Å². The van der Waals surface area contributed by atoms with Gasteiger partial charge in [0.05, 0.1) is 16.8 Å². The molecule has 1 aliphatic carbocycles. The smallest absolute Gasteiger partial charge is 0.164 e. The van der Waals surface area contributed by atoms with Gasteiger partial charge >= 0.3 is 0 Å². The van der Waals surface area contributed by atoms with E-state index in [1.54, 1.807) is 0 Å². The van der Waals surface area contributed by atoms with E-state index in [-0.39, 0.29) is 5.41 Å². The van der Waals surface area contributed by atoms with E-state index in [1.807, 2.05) is 60.7 Å². The third kappa shape index (κ3) is 5.81. The summed E-state index contributed by atoms with van der Waals surface area (Å²) in [7, 11) is 0. The third-order valence-corrected chi connectivity index (χ3v) is 11.7. The highest BCUT2D eigenvalue weighted by Crippen LogP contribution is 2.55. The highest BCUT2D eigenvalue weighted by molar-refractivity contribution is 6.14. The molecule has 8 aromatic carbocycles. The number of benzene rings is 8. The van der Waals surface area contributed by atoms with Crippen LogP contribution in [0, 0.1) is 0 Å². The van der Waals surface area contributed by atoms with Gasteiger partial charge in [0.25, 0.3) is 0 Å². The first-order valence-corrected chi connectivity index (χ1v) is 20.0.